The summed E-state index contributed by atoms with van der Waals surface area (Å²) in [6, 6.07) is 12.9. The Bertz CT molecular complexity index is 2360. The van der Waals surface area contributed by atoms with Crippen LogP contribution < -0.4 is 0 Å². The maximum absolute atomic E-state index is 13.9. The van der Waals surface area contributed by atoms with Crippen LogP contribution >= 0.6 is 23.2 Å². The summed E-state index contributed by atoms with van der Waals surface area (Å²) in [6.45, 7) is 23.3. The number of carbonyl (C=O) groups excluding carboxylic acids is 4. The van der Waals surface area contributed by atoms with Gasteiger partial charge in [0.15, 0.2) is 0 Å². The number of hydrogen-bond acceptors (Lipinski definition) is 6. The number of carbonyl (C=O) groups is 4. The second-order valence-corrected chi connectivity index (χ2v) is 25.8. The molecule has 0 N–H and O–H groups in total. The average Bonchev–Trinajstić information content (AvgIpc) is 3.86. The van der Waals surface area contributed by atoms with E-state index >= 15 is 0 Å². The molecule has 8 rings (SSSR count). The van der Waals surface area contributed by atoms with E-state index < -0.39 is 11.2 Å². The van der Waals surface area contributed by atoms with Crippen molar-refractivity contribution in [2.24, 2.45) is 35.5 Å². The molecule has 2 atom stereocenters. The van der Waals surface area contributed by atoms with Crippen LogP contribution in [0.4, 0.5) is 9.59 Å². The van der Waals surface area contributed by atoms with Gasteiger partial charge in [-0.25, -0.2) is 9.59 Å². The van der Waals surface area contributed by atoms with Crippen molar-refractivity contribution >= 4 is 58.3 Å². The number of halogens is 2. The van der Waals surface area contributed by atoms with E-state index in [2.05, 4.69) is 61.8 Å². The Morgan fingerprint density at radius 3 is 1.42 bits per heavy atom. The minimum absolute atomic E-state index is 0.0862. The summed E-state index contributed by atoms with van der Waals surface area (Å²) in [5.74, 6) is 2.71. The van der Waals surface area contributed by atoms with Crippen molar-refractivity contribution < 1.29 is 28.7 Å². The second-order valence-electron chi connectivity index (χ2n) is 25.0. The van der Waals surface area contributed by atoms with Crippen LogP contribution in [0.3, 0.4) is 0 Å². The Morgan fingerprint density at radius 2 is 0.986 bits per heavy atom. The van der Waals surface area contributed by atoms with Crippen LogP contribution in [0.1, 0.15) is 169 Å². The van der Waals surface area contributed by atoms with Gasteiger partial charge >= 0.3 is 12.2 Å². The van der Waals surface area contributed by atoms with E-state index in [1.807, 2.05) is 67.8 Å². The lowest BCUT2D eigenvalue weighted by molar-refractivity contribution is -0.139. The first kappa shape index (κ1) is 55.7. The van der Waals surface area contributed by atoms with Crippen LogP contribution in [-0.2, 0) is 31.9 Å². The fourth-order valence-corrected chi connectivity index (χ4v) is 12.9. The monoisotopic (exact) mass is 1030 g/mol. The Morgan fingerprint density at radius 1 is 0.583 bits per heavy atom. The fourth-order valence-electron chi connectivity index (χ4n) is 12.6. The van der Waals surface area contributed by atoms with Crippen LogP contribution in [-0.4, -0.2) is 107 Å². The van der Waals surface area contributed by atoms with Crippen LogP contribution in [0.15, 0.2) is 47.5 Å². The normalized spacial score (nSPS) is 24.0. The molecule has 2 aromatic rings. The molecule has 10 nitrogen and oxygen atoms in total. The van der Waals surface area contributed by atoms with Gasteiger partial charge in [0.2, 0.25) is 11.8 Å². The first-order valence-corrected chi connectivity index (χ1v) is 28.1. The molecule has 2 fully saturated rings. The Hall–Kier alpha value is -4.02. The number of benzene rings is 2. The van der Waals surface area contributed by atoms with Crippen molar-refractivity contribution in [3.8, 4) is 0 Å². The van der Waals surface area contributed by atoms with E-state index in [1.165, 1.54) is 44.5 Å². The topological polar surface area (TPSA) is 99.7 Å². The lowest BCUT2D eigenvalue weighted by Crippen LogP contribution is -2.48. The van der Waals surface area contributed by atoms with Gasteiger partial charge in [0.25, 0.3) is 0 Å². The summed E-state index contributed by atoms with van der Waals surface area (Å²) in [4.78, 5) is 60.2. The second kappa shape index (κ2) is 23.3. The molecule has 396 valence electrons. The largest absolute Gasteiger partial charge is 0.444 e. The van der Waals surface area contributed by atoms with E-state index in [0.717, 1.165) is 113 Å². The molecule has 2 unspecified atom stereocenters. The molecule has 2 aromatic carbocycles. The molecular weight excluding hydrogens is 944 g/mol. The Balaban J connectivity index is 0.000000211. The summed E-state index contributed by atoms with van der Waals surface area (Å²) >= 11 is 12.6. The smallest absolute Gasteiger partial charge is 0.410 e. The van der Waals surface area contributed by atoms with Crippen molar-refractivity contribution in [2.75, 3.05) is 40.3 Å². The molecule has 2 heterocycles. The molecule has 6 aliphatic rings. The highest BCUT2D eigenvalue weighted by Gasteiger charge is 2.42. The number of hydrogen-bond donors (Lipinski definition) is 0. The molecule has 2 saturated carbocycles. The van der Waals surface area contributed by atoms with Gasteiger partial charge in [0, 0.05) is 62.2 Å². The zero-order valence-electron chi connectivity index (χ0n) is 45.8. The van der Waals surface area contributed by atoms with E-state index in [4.69, 9.17) is 32.7 Å². The molecule has 0 aromatic heterocycles. The van der Waals surface area contributed by atoms with Crippen LogP contribution in [0.25, 0.3) is 11.1 Å². The Kier molecular flexibility index (Phi) is 18.0. The van der Waals surface area contributed by atoms with E-state index in [9.17, 15) is 19.2 Å². The van der Waals surface area contributed by atoms with Gasteiger partial charge in [-0.1, -0.05) is 63.0 Å². The molecule has 2 aliphatic heterocycles. The SMILES string of the molecule is CC(C)CC1C2=C(CCN1C(=O)C1CCC(CN(C)C(=O)OC(C)(C)C)CC1)c1cc(Cl)ccc1C2.CC(C)CC1C2=C(CCN1C(=O)C1CCC(CN(C)C(=O)OC(C)(C)C)CC1)c1ccc(Cl)cc1C2. The lowest BCUT2D eigenvalue weighted by atomic mass is 9.80. The van der Waals surface area contributed by atoms with Crippen molar-refractivity contribution in [3.05, 3.63) is 79.8 Å². The van der Waals surface area contributed by atoms with E-state index in [1.54, 1.807) is 9.80 Å². The van der Waals surface area contributed by atoms with Crippen LogP contribution in [0, 0.1) is 35.5 Å². The molecule has 0 bridgehead atoms. The number of ether oxygens (including phenoxy) is 2. The van der Waals surface area contributed by atoms with Gasteiger partial charge in [0.1, 0.15) is 11.2 Å². The molecule has 4 aliphatic carbocycles. The van der Waals surface area contributed by atoms with Gasteiger partial charge in [-0.15, -0.1) is 0 Å². The quantitative estimate of drug-likeness (QED) is 0.235. The highest BCUT2D eigenvalue weighted by molar-refractivity contribution is 6.31. The van der Waals surface area contributed by atoms with Gasteiger partial charge in [-0.05, 0) is 224 Å². The number of fused-ring (bicyclic) bond motifs is 4. The van der Waals surface area contributed by atoms with E-state index in [0.29, 0.717) is 48.6 Å². The van der Waals surface area contributed by atoms with Crippen LogP contribution in [0.5, 0.6) is 0 Å². The highest BCUT2D eigenvalue weighted by atomic mass is 35.5. The predicted octanol–water partition coefficient (Wildman–Crippen LogP) is 13.9. The summed E-state index contributed by atoms with van der Waals surface area (Å²) < 4.78 is 11.0. The average molecular weight is 1030 g/mol. The zero-order valence-corrected chi connectivity index (χ0v) is 47.3. The molecule has 72 heavy (non-hydrogen) atoms. The molecule has 4 amide bonds. The maximum atomic E-state index is 13.9. The minimum atomic E-state index is -0.487. The zero-order chi connectivity index (χ0) is 52.4. The lowest BCUT2D eigenvalue weighted by Gasteiger charge is -2.41. The summed E-state index contributed by atoms with van der Waals surface area (Å²) in [6.07, 6.45) is 12.7. The third-order valence-electron chi connectivity index (χ3n) is 15.9. The summed E-state index contributed by atoms with van der Waals surface area (Å²) in [5.41, 5.74) is 10.1. The van der Waals surface area contributed by atoms with Gasteiger partial charge in [0.05, 0.1) is 12.1 Å². The maximum Gasteiger partial charge on any atom is 0.410 e. The van der Waals surface area contributed by atoms with Gasteiger partial charge < -0.3 is 29.1 Å². The highest BCUT2D eigenvalue weighted by Crippen LogP contribution is 2.46. The van der Waals surface area contributed by atoms with Crippen molar-refractivity contribution in [2.45, 2.75) is 182 Å². The molecule has 0 saturated heterocycles. The molecule has 0 spiro atoms. The molecule has 0 radical (unpaired) electrons. The first-order valence-electron chi connectivity index (χ1n) is 27.4. The summed E-state index contributed by atoms with van der Waals surface area (Å²) in [5, 5.41) is 1.58. The number of rotatable bonds is 10. The van der Waals surface area contributed by atoms with Crippen LogP contribution in [0.2, 0.25) is 10.0 Å². The van der Waals surface area contributed by atoms with E-state index in [-0.39, 0.29) is 36.1 Å². The summed E-state index contributed by atoms with van der Waals surface area (Å²) in [7, 11) is 3.63. The van der Waals surface area contributed by atoms with Crippen molar-refractivity contribution in [1.82, 2.24) is 19.6 Å². The van der Waals surface area contributed by atoms with Gasteiger partial charge in [-0.2, -0.15) is 0 Å². The Labute approximate surface area is 442 Å². The number of nitrogens with zero attached hydrogens (tertiary/aromatic N) is 4. The predicted molar refractivity (Wildman–Crippen MR) is 292 cm³/mol. The fraction of sp³-hybridized carbons (Fsp3) is 0.667. The third-order valence-corrected chi connectivity index (χ3v) is 16.4. The number of amides is 4. The minimum Gasteiger partial charge on any atom is -0.444 e. The standard InChI is InChI=1S/2C30H43ClN2O3/c1-19(2)15-27-26-17-22-16-23(31)11-12-24(22)25(26)13-14-33(27)28(34)21-9-7-20(8-10-21)18-32(6)29(35)36-30(3,4)5;1-19(2)15-27-26-16-22-11-12-23(31)17-25(22)24(26)13-14-33(27)28(34)21-9-7-20(8-10-21)18-32(6)29(35)36-30(3,4)5/h11-12,16,19-21,27H,7-10,13-15,17-18H2,1-6H3;11-12,17,19-21,27H,7-10,13-16,18H2,1-6H3. The van der Waals surface area contributed by atoms with Crippen molar-refractivity contribution in [1.29, 1.82) is 0 Å². The third kappa shape index (κ3) is 13.8. The van der Waals surface area contributed by atoms with Gasteiger partial charge in [-0.3, -0.25) is 9.59 Å². The first-order chi connectivity index (χ1) is 33.8. The van der Waals surface area contributed by atoms with Crippen molar-refractivity contribution in [3.63, 3.8) is 0 Å². The molecule has 12 heteroatoms. The molecular formula is C60H86Cl2N4O6.